The number of hydrogen-bond donors (Lipinski definition) is 3. The molecule has 0 atom stereocenters. The van der Waals surface area contributed by atoms with Crippen LogP contribution in [0.15, 0.2) is 23.2 Å². The number of rotatable bonds is 2. The molecule has 0 unspecified atom stereocenters. The molecular formula is C17H23N3O3. The number of amidine groups is 1. The number of carboxylic acid groups (broad SMARTS) is 1. The van der Waals surface area contributed by atoms with Gasteiger partial charge in [-0.25, -0.2) is 9.79 Å². The van der Waals surface area contributed by atoms with Crippen molar-refractivity contribution >= 4 is 23.5 Å². The zero-order valence-electron chi connectivity index (χ0n) is 13.2. The summed E-state index contributed by atoms with van der Waals surface area (Å²) in [7, 11) is 0. The van der Waals surface area contributed by atoms with E-state index in [0.717, 1.165) is 24.1 Å². The van der Waals surface area contributed by atoms with Gasteiger partial charge in [0, 0.05) is 16.9 Å². The summed E-state index contributed by atoms with van der Waals surface area (Å²) in [5.41, 5.74) is 2.40. The summed E-state index contributed by atoms with van der Waals surface area (Å²) in [4.78, 5) is 15.4. The molecule has 1 aliphatic carbocycles. The van der Waals surface area contributed by atoms with E-state index in [1.807, 2.05) is 6.07 Å². The Morgan fingerprint density at radius 2 is 1.96 bits per heavy atom. The Morgan fingerprint density at radius 3 is 2.70 bits per heavy atom. The zero-order chi connectivity index (χ0) is 16.1. The van der Waals surface area contributed by atoms with Crippen LogP contribution < -0.4 is 10.6 Å². The van der Waals surface area contributed by atoms with E-state index in [-0.39, 0.29) is 0 Å². The van der Waals surface area contributed by atoms with Gasteiger partial charge in [0.2, 0.25) is 0 Å². The Kier molecular flexibility index (Phi) is 5.00. The normalized spacial score (nSPS) is 20.6. The molecule has 2 aliphatic rings. The summed E-state index contributed by atoms with van der Waals surface area (Å²) >= 11 is 0. The van der Waals surface area contributed by atoms with Crippen LogP contribution in [0.3, 0.4) is 0 Å². The van der Waals surface area contributed by atoms with Gasteiger partial charge in [0.05, 0.1) is 6.04 Å². The van der Waals surface area contributed by atoms with E-state index in [2.05, 4.69) is 10.6 Å². The highest BCUT2D eigenvalue weighted by atomic mass is 16.5. The molecule has 0 radical (unpaired) electrons. The molecule has 3 rings (SSSR count). The molecule has 0 aromatic heterocycles. The first kappa shape index (κ1) is 15.6. The van der Waals surface area contributed by atoms with Crippen LogP contribution in [0.2, 0.25) is 0 Å². The predicted octanol–water partition coefficient (Wildman–Crippen LogP) is 4.19. The van der Waals surface area contributed by atoms with Crippen molar-refractivity contribution in [2.45, 2.75) is 57.6 Å². The molecule has 1 aliphatic heterocycles. The SMILES string of the molecule is O=C(O)Nc1ccc2c(c1)COC(=NC1CCCCCCC1)N2. The number of ether oxygens (including phenoxy) is 1. The summed E-state index contributed by atoms with van der Waals surface area (Å²) in [5.74, 6) is 0. The van der Waals surface area contributed by atoms with Gasteiger partial charge in [0.1, 0.15) is 6.61 Å². The number of aliphatic imine (C=N–C) groups is 1. The van der Waals surface area contributed by atoms with Crippen molar-refractivity contribution in [3.8, 4) is 0 Å². The first-order chi connectivity index (χ1) is 11.2. The Labute approximate surface area is 135 Å². The first-order valence-corrected chi connectivity index (χ1v) is 8.31. The lowest BCUT2D eigenvalue weighted by atomic mass is 9.97. The fourth-order valence-electron chi connectivity index (χ4n) is 3.13. The molecule has 0 spiro atoms. The molecule has 1 fully saturated rings. The fraction of sp³-hybridized carbons (Fsp3) is 0.529. The minimum Gasteiger partial charge on any atom is -0.465 e. The van der Waals surface area contributed by atoms with Gasteiger partial charge in [-0.3, -0.25) is 5.32 Å². The van der Waals surface area contributed by atoms with E-state index >= 15 is 0 Å². The van der Waals surface area contributed by atoms with Crippen molar-refractivity contribution < 1.29 is 14.6 Å². The third-order valence-corrected chi connectivity index (χ3v) is 4.34. The minimum atomic E-state index is -1.07. The third kappa shape index (κ3) is 4.37. The summed E-state index contributed by atoms with van der Waals surface area (Å²) in [5, 5.41) is 14.3. The Morgan fingerprint density at radius 1 is 1.22 bits per heavy atom. The van der Waals surface area contributed by atoms with E-state index < -0.39 is 6.09 Å². The molecule has 0 saturated heterocycles. The zero-order valence-corrected chi connectivity index (χ0v) is 13.2. The van der Waals surface area contributed by atoms with Crippen LogP contribution in [0.5, 0.6) is 0 Å². The molecule has 124 valence electrons. The minimum absolute atomic E-state index is 0.340. The predicted molar refractivity (Wildman–Crippen MR) is 90.0 cm³/mol. The highest BCUT2D eigenvalue weighted by molar-refractivity contribution is 5.92. The highest BCUT2D eigenvalue weighted by Crippen LogP contribution is 2.26. The fourth-order valence-corrected chi connectivity index (χ4v) is 3.13. The van der Waals surface area contributed by atoms with Crippen molar-refractivity contribution in [1.82, 2.24) is 0 Å². The van der Waals surface area contributed by atoms with Crippen molar-refractivity contribution in [2.75, 3.05) is 10.6 Å². The van der Waals surface area contributed by atoms with Crippen molar-refractivity contribution in [3.05, 3.63) is 23.8 Å². The van der Waals surface area contributed by atoms with Gasteiger partial charge in [0.15, 0.2) is 0 Å². The molecule has 1 heterocycles. The van der Waals surface area contributed by atoms with Crippen molar-refractivity contribution in [3.63, 3.8) is 0 Å². The van der Waals surface area contributed by atoms with Crippen LogP contribution in [0.4, 0.5) is 16.2 Å². The van der Waals surface area contributed by atoms with Gasteiger partial charge in [-0.2, -0.15) is 0 Å². The number of nitrogens with zero attached hydrogens (tertiary/aromatic N) is 1. The largest absolute Gasteiger partial charge is 0.465 e. The molecule has 23 heavy (non-hydrogen) atoms. The highest BCUT2D eigenvalue weighted by Gasteiger charge is 2.18. The van der Waals surface area contributed by atoms with Crippen LogP contribution in [-0.4, -0.2) is 23.3 Å². The van der Waals surface area contributed by atoms with Crippen LogP contribution in [0, 0.1) is 0 Å². The van der Waals surface area contributed by atoms with E-state index in [9.17, 15) is 4.79 Å². The quantitative estimate of drug-likeness (QED) is 0.764. The van der Waals surface area contributed by atoms with Gasteiger partial charge < -0.3 is 15.2 Å². The van der Waals surface area contributed by atoms with E-state index in [1.54, 1.807) is 12.1 Å². The number of fused-ring (bicyclic) bond motifs is 1. The Balaban J connectivity index is 1.67. The molecule has 1 aromatic rings. The van der Waals surface area contributed by atoms with Gasteiger partial charge in [-0.15, -0.1) is 0 Å². The van der Waals surface area contributed by atoms with Crippen LogP contribution >= 0.6 is 0 Å². The molecule has 0 bridgehead atoms. The summed E-state index contributed by atoms with van der Waals surface area (Å²) < 4.78 is 5.70. The number of amides is 1. The van der Waals surface area contributed by atoms with E-state index in [4.69, 9.17) is 14.8 Å². The maximum Gasteiger partial charge on any atom is 0.409 e. The lowest BCUT2D eigenvalue weighted by Gasteiger charge is -2.23. The number of benzene rings is 1. The van der Waals surface area contributed by atoms with E-state index in [0.29, 0.717) is 24.4 Å². The van der Waals surface area contributed by atoms with Crippen LogP contribution in [-0.2, 0) is 11.3 Å². The maximum atomic E-state index is 10.7. The van der Waals surface area contributed by atoms with E-state index in [1.165, 1.54) is 32.1 Å². The average Bonchev–Trinajstić information content (AvgIpc) is 2.49. The molecular weight excluding hydrogens is 294 g/mol. The lowest BCUT2D eigenvalue weighted by molar-refractivity contribution is 0.209. The monoisotopic (exact) mass is 317 g/mol. The third-order valence-electron chi connectivity index (χ3n) is 4.34. The van der Waals surface area contributed by atoms with Gasteiger partial charge >= 0.3 is 6.09 Å². The second-order valence-electron chi connectivity index (χ2n) is 6.15. The van der Waals surface area contributed by atoms with Crippen LogP contribution in [0.25, 0.3) is 0 Å². The summed E-state index contributed by atoms with van der Waals surface area (Å²) in [6.07, 6.45) is 7.62. The number of anilines is 2. The first-order valence-electron chi connectivity index (χ1n) is 8.31. The molecule has 3 N–H and O–H groups in total. The molecule has 1 amide bonds. The second-order valence-corrected chi connectivity index (χ2v) is 6.15. The summed E-state index contributed by atoms with van der Waals surface area (Å²) in [6.45, 7) is 0.406. The second kappa shape index (κ2) is 7.35. The average molecular weight is 317 g/mol. The Hall–Kier alpha value is -2.24. The van der Waals surface area contributed by atoms with Crippen molar-refractivity contribution in [2.24, 2.45) is 4.99 Å². The van der Waals surface area contributed by atoms with Gasteiger partial charge in [-0.05, 0) is 31.0 Å². The number of nitrogens with one attached hydrogen (secondary N) is 2. The lowest BCUT2D eigenvalue weighted by Crippen LogP contribution is -2.25. The molecule has 1 saturated carbocycles. The van der Waals surface area contributed by atoms with Crippen molar-refractivity contribution in [1.29, 1.82) is 0 Å². The number of carbonyl (C=O) groups is 1. The molecule has 1 aromatic carbocycles. The summed E-state index contributed by atoms with van der Waals surface area (Å²) in [6, 6.07) is 6.30. The maximum absolute atomic E-state index is 10.7. The number of hydrogen-bond acceptors (Lipinski definition) is 3. The molecule has 6 heteroatoms. The van der Waals surface area contributed by atoms with Crippen LogP contribution in [0.1, 0.15) is 50.5 Å². The Bertz CT molecular complexity index is 593. The standard InChI is InChI=1S/C17H23N3O3/c21-17(22)19-14-8-9-15-12(10-14)11-23-16(20-15)18-13-6-4-2-1-3-5-7-13/h8-10,13,19H,1-7,11H2,(H,18,20)(H,21,22). The smallest absolute Gasteiger partial charge is 0.409 e. The topological polar surface area (TPSA) is 83.0 Å². The van der Waals surface area contributed by atoms with Gasteiger partial charge in [0.25, 0.3) is 6.02 Å². The van der Waals surface area contributed by atoms with Gasteiger partial charge in [-0.1, -0.05) is 32.1 Å². The molecule has 6 nitrogen and oxygen atoms in total.